The van der Waals surface area contributed by atoms with Gasteiger partial charge in [0.1, 0.15) is 11.5 Å². The summed E-state index contributed by atoms with van der Waals surface area (Å²) in [6.45, 7) is 0. The maximum atomic E-state index is 14.3. The van der Waals surface area contributed by atoms with E-state index < -0.39 is 0 Å². The van der Waals surface area contributed by atoms with Gasteiger partial charge in [-0.1, -0.05) is 12.1 Å². The summed E-state index contributed by atoms with van der Waals surface area (Å²) in [5, 5.41) is 6.85. The Labute approximate surface area is 195 Å². The minimum absolute atomic E-state index is 0.0993. The normalized spacial score (nSPS) is 32.1. The van der Waals surface area contributed by atoms with Crippen LogP contribution in [-0.2, 0) is 4.79 Å². The molecule has 0 saturated heterocycles. The number of methoxy groups -OCH3 is 2. The van der Waals surface area contributed by atoms with Crippen molar-refractivity contribution >= 4 is 11.6 Å². The Kier molecular flexibility index (Phi) is 4.97. The van der Waals surface area contributed by atoms with Gasteiger partial charge < -0.3 is 9.47 Å². The Morgan fingerprint density at radius 1 is 0.909 bits per heavy atom. The van der Waals surface area contributed by atoms with E-state index in [2.05, 4.69) is 12.1 Å². The predicted molar refractivity (Wildman–Crippen MR) is 127 cm³/mol. The molecule has 4 saturated carbocycles. The van der Waals surface area contributed by atoms with Crippen molar-refractivity contribution in [2.24, 2.45) is 28.3 Å². The fraction of sp³-hybridized carbons (Fsp3) is 0.500. The lowest BCUT2D eigenvalue weighted by Crippen LogP contribution is -2.53. The van der Waals surface area contributed by atoms with Crippen LogP contribution in [0.3, 0.4) is 0 Å². The number of hydrogen-bond acceptors (Lipinski definition) is 4. The predicted octanol–water partition coefficient (Wildman–Crippen LogP) is 5.60. The van der Waals surface area contributed by atoms with Crippen molar-refractivity contribution < 1.29 is 14.3 Å². The molecule has 0 spiro atoms. The van der Waals surface area contributed by atoms with E-state index >= 15 is 0 Å². The zero-order valence-corrected chi connectivity index (χ0v) is 19.5. The molecule has 172 valence electrons. The summed E-state index contributed by atoms with van der Waals surface area (Å²) in [6, 6.07) is 16.0. The van der Waals surface area contributed by atoms with Crippen LogP contribution in [-0.4, -0.2) is 30.8 Å². The molecule has 1 amide bonds. The first-order valence-electron chi connectivity index (χ1n) is 12.3. The van der Waals surface area contributed by atoms with E-state index in [1.807, 2.05) is 41.4 Å². The molecule has 5 nitrogen and oxygen atoms in total. The second-order valence-corrected chi connectivity index (χ2v) is 10.6. The van der Waals surface area contributed by atoms with Crippen LogP contribution in [0, 0.1) is 23.2 Å². The lowest BCUT2D eigenvalue weighted by atomic mass is 9.49. The number of carbonyl (C=O) groups is 1. The Morgan fingerprint density at radius 3 is 2.15 bits per heavy atom. The summed E-state index contributed by atoms with van der Waals surface area (Å²) in [7, 11) is 3.36. The van der Waals surface area contributed by atoms with Crippen LogP contribution in [0.4, 0.5) is 0 Å². The fourth-order valence-corrected chi connectivity index (χ4v) is 7.38. The van der Waals surface area contributed by atoms with Crippen molar-refractivity contribution in [1.82, 2.24) is 5.01 Å². The number of hydrogen-bond donors (Lipinski definition) is 0. The Morgan fingerprint density at radius 2 is 1.55 bits per heavy atom. The van der Waals surface area contributed by atoms with Crippen LogP contribution >= 0.6 is 0 Å². The molecule has 4 fully saturated rings. The molecular weight excluding hydrogens is 412 g/mol. The van der Waals surface area contributed by atoms with Crippen LogP contribution in [0.2, 0.25) is 0 Å². The maximum absolute atomic E-state index is 14.3. The van der Waals surface area contributed by atoms with Crippen molar-refractivity contribution in [3.8, 4) is 11.5 Å². The Hall–Kier alpha value is -2.82. The van der Waals surface area contributed by atoms with E-state index in [9.17, 15) is 4.79 Å². The van der Waals surface area contributed by atoms with Gasteiger partial charge in [0.2, 0.25) is 5.91 Å². The summed E-state index contributed by atoms with van der Waals surface area (Å²) >= 11 is 0. The molecule has 0 N–H and O–H groups in total. The largest absolute Gasteiger partial charge is 0.497 e. The molecular formula is C28H32N2O3. The van der Waals surface area contributed by atoms with E-state index in [0.29, 0.717) is 6.42 Å². The first kappa shape index (κ1) is 20.8. The average molecular weight is 445 g/mol. The van der Waals surface area contributed by atoms with Crippen LogP contribution in [0.15, 0.2) is 53.6 Å². The highest BCUT2D eigenvalue weighted by atomic mass is 16.5. The number of ether oxygens (including phenoxy) is 2. The summed E-state index contributed by atoms with van der Waals surface area (Å²) in [5.74, 6) is 4.06. The zero-order chi connectivity index (χ0) is 22.6. The fourth-order valence-electron chi connectivity index (χ4n) is 7.38. The summed E-state index contributed by atoms with van der Waals surface area (Å²) in [4.78, 5) is 14.3. The van der Waals surface area contributed by atoms with Gasteiger partial charge in [0.05, 0.1) is 31.4 Å². The second kappa shape index (κ2) is 7.89. The summed E-state index contributed by atoms with van der Waals surface area (Å²) < 4.78 is 10.8. The molecule has 5 heteroatoms. The van der Waals surface area contributed by atoms with Crippen molar-refractivity contribution in [1.29, 1.82) is 0 Å². The number of rotatable bonds is 5. The molecule has 1 atom stereocenters. The van der Waals surface area contributed by atoms with Crippen molar-refractivity contribution in [3.63, 3.8) is 0 Å². The van der Waals surface area contributed by atoms with Gasteiger partial charge in [-0.25, -0.2) is 5.01 Å². The van der Waals surface area contributed by atoms with Gasteiger partial charge in [-0.2, -0.15) is 5.10 Å². The Balaban J connectivity index is 1.37. The van der Waals surface area contributed by atoms with Crippen molar-refractivity contribution in [2.45, 2.75) is 51.0 Å². The lowest BCUT2D eigenvalue weighted by molar-refractivity contribution is -0.159. The molecule has 2 aromatic rings. The monoisotopic (exact) mass is 444 g/mol. The van der Waals surface area contributed by atoms with Gasteiger partial charge in [0, 0.05) is 6.42 Å². The van der Waals surface area contributed by atoms with E-state index in [4.69, 9.17) is 14.6 Å². The quantitative estimate of drug-likeness (QED) is 0.603. The molecule has 33 heavy (non-hydrogen) atoms. The highest BCUT2D eigenvalue weighted by Crippen LogP contribution is 2.61. The highest BCUT2D eigenvalue weighted by Gasteiger charge is 2.57. The molecule has 0 aromatic heterocycles. The molecule has 5 aliphatic rings. The minimum Gasteiger partial charge on any atom is -0.497 e. The number of hydrazone groups is 1. The van der Waals surface area contributed by atoms with E-state index in [1.165, 1.54) is 19.3 Å². The van der Waals surface area contributed by atoms with E-state index in [-0.39, 0.29) is 17.4 Å². The molecule has 4 bridgehead atoms. The van der Waals surface area contributed by atoms with Crippen molar-refractivity contribution in [2.75, 3.05) is 14.2 Å². The maximum Gasteiger partial charge on any atom is 0.249 e. The van der Waals surface area contributed by atoms with Crippen LogP contribution < -0.4 is 9.47 Å². The number of carbonyl (C=O) groups excluding carboxylic acids is 1. The smallest absolute Gasteiger partial charge is 0.249 e. The third kappa shape index (κ3) is 3.53. The molecule has 0 radical (unpaired) electrons. The van der Waals surface area contributed by atoms with Gasteiger partial charge >= 0.3 is 0 Å². The first-order chi connectivity index (χ1) is 16.1. The van der Waals surface area contributed by atoms with Gasteiger partial charge in [0.25, 0.3) is 0 Å². The number of benzene rings is 2. The minimum atomic E-state index is -0.218. The molecule has 7 rings (SSSR count). The first-order valence-corrected chi connectivity index (χ1v) is 12.3. The Bertz CT molecular complexity index is 1060. The topological polar surface area (TPSA) is 51.1 Å². The van der Waals surface area contributed by atoms with Crippen LogP contribution in [0.25, 0.3) is 0 Å². The zero-order valence-electron chi connectivity index (χ0n) is 19.5. The highest BCUT2D eigenvalue weighted by molar-refractivity contribution is 6.03. The lowest BCUT2D eigenvalue weighted by Gasteiger charge is -2.56. The molecule has 0 unspecified atom stereocenters. The van der Waals surface area contributed by atoms with Gasteiger partial charge in [-0.3, -0.25) is 4.79 Å². The number of nitrogens with zero attached hydrogens (tertiary/aromatic N) is 2. The number of amides is 1. The van der Waals surface area contributed by atoms with Gasteiger partial charge in [-0.05, 0) is 104 Å². The van der Waals surface area contributed by atoms with E-state index in [1.54, 1.807) is 14.2 Å². The average Bonchev–Trinajstić information content (AvgIpc) is 3.28. The molecule has 1 heterocycles. The third-order valence-corrected chi connectivity index (χ3v) is 8.51. The summed E-state index contributed by atoms with van der Waals surface area (Å²) in [6.07, 6.45) is 7.83. The molecule has 1 aliphatic heterocycles. The van der Waals surface area contributed by atoms with Gasteiger partial charge in [0.15, 0.2) is 0 Å². The van der Waals surface area contributed by atoms with Crippen LogP contribution in [0.1, 0.15) is 62.1 Å². The molecule has 4 aliphatic carbocycles. The van der Waals surface area contributed by atoms with E-state index in [0.717, 1.165) is 65.4 Å². The SMILES string of the molecule is COc1ccc(C2=NN(C(=O)C34CC5CC(CC(C5)C3)C4)[C@H](c3cccc(OC)c3)C2)cc1. The second-order valence-electron chi connectivity index (χ2n) is 10.6. The van der Waals surface area contributed by atoms with Gasteiger partial charge in [-0.15, -0.1) is 0 Å². The van der Waals surface area contributed by atoms with Crippen LogP contribution in [0.5, 0.6) is 11.5 Å². The summed E-state index contributed by atoms with van der Waals surface area (Å²) in [5.41, 5.74) is 2.87. The third-order valence-electron chi connectivity index (χ3n) is 8.51. The van der Waals surface area contributed by atoms with Crippen molar-refractivity contribution in [3.05, 3.63) is 59.7 Å². The standard InChI is InChI=1S/C28H32N2O3/c1-32-23-8-6-21(7-9-23)25-14-26(22-4-3-5-24(13-22)33-2)30(29-25)27(31)28-15-18-10-19(16-28)12-20(11-18)17-28/h3-9,13,18-20,26H,10-12,14-17H2,1-2H3/t18?,19?,20?,26-,28?/m0/s1. The molecule has 2 aromatic carbocycles.